The molecule has 1 atom stereocenters. The lowest BCUT2D eigenvalue weighted by Crippen LogP contribution is -2.22. The van der Waals surface area contributed by atoms with Gasteiger partial charge in [0.15, 0.2) is 0 Å². The van der Waals surface area contributed by atoms with Crippen molar-refractivity contribution in [2.45, 2.75) is 25.7 Å². The van der Waals surface area contributed by atoms with Gasteiger partial charge in [-0.05, 0) is 30.9 Å². The van der Waals surface area contributed by atoms with Gasteiger partial charge in [0.25, 0.3) is 5.56 Å². The predicted molar refractivity (Wildman–Crippen MR) is 79.5 cm³/mol. The molecule has 1 fully saturated rings. The molecule has 1 unspecified atom stereocenters. The van der Waals surface area contributed by atoms with E-state index in [1.807, 2.05) is 31.2 Å². The number of aromatic hydroxyl groups is 1. The molecule has 1 aromatic heterocycles. The Balaban J connectivity index is 2.05. The van der Waals surface area contributed by atoms with E-state index in [1.54, 1.807) is 0 Å². The summed E-state index contributed by atoms with van der Waals surface area (Å²) in [6.45, 7) is 3.18. The average Bonchev–Trinajstić information content (AvgIpc) is 2.49. The van der Waals surface area contributed by atoms with Crippen molar-refractivity contribution >= 4 is 0 Å². The summed E-state index contributed by atoms with van der Waals surface area (Å²) in [7, 11) is 0. The van der Waals surface area contributed by atoms with Gasteiger partial charge < -0.3 is 14.8 Å². The molecule has 3 rings (SSSR count). The molecule has 0 radical (unpaired) electrons. The molecule has 0 saturated carbocycles. The number of rotatable bonds is 2. The van der Waals surface area contributed by atoms with Crippen LogP contribution in [0.25, 0.3) is 11.1 Å². The van der Waals surface area contributed by atoms with E-state index in [-0.39, 0.29) is 22.9 Å². The summed E-state index contributed by atoms with van der Waals surface area (Å²) in [5.41, 5.74) is 1.55. The molecule has 1 aliphatic heterocycles. The average molecular weight is 286 g/mol. The van der Waals surface area contributed by atoms with Crippen molar-refractivity contribution in [2.24, 2.45) is 0 Å². The van der Waals surface area contributed by atoms with E-state index in [9.17, 15) is 9.90 Å². The second-order valence-corrected chi connectivity index (χ2v) is 5.38. The molecular weight excluding hydrogens is 268 g/mol. The third-order valence-electron chi connectivity index (χ3n) is 3.88. The third-order valence-corrected chi connectivity index (χ3v) is 3.88. The van der Waals surface area contributed by atoms with Crippen LogP contribution in [0.5, 0.6) is 5.88 Å². The Labute approximate surface area is 122 Å². The topological polar surface area (TPSA) is 75.2 Å². The molecule has 2 heterocycles. The second kappa shape index (κ2) is 5.69. The highest BCUT2D eigenvalue weighted by atomic mass is 16.5. The number of hydrogen-bond donors (Lipinski definition) is 2. The smallest absolute Gasteiger partial charge is 0.262 e. The Bertz CT molecular complexity index is 703. The number of ether oxygens (including phenoxy) is 1. The van der Waals surface area contributed by atoms with Crippen LogP contribution in [0.1, 0.15) is 30.1 Å². The van der Waals surface area contributed by atoms with E-state index in [0.29, 0.717) is 18.0 Å². The van der Waals surface area contributed by atoms with Crippen LogP contribution < -0.4 is 5.56 Å². The number of benzene rings is 1. The Kier molecular flexibility index (Phi) is 3.75. The van der Waals surface area contributed by atoms with E-state index >= 15 is 0 Å². The van der Waals surface area contributed by atoms with Crippen molar-refractivity contribution in [3.8, 4) is 17.0 Å². The van der Waals surface area contributed by atoms with Crippen LogP contribution in [0.3, 0.4) is 0 Å². The van der Waals surface area contributed by atoms with Crippen LogP contribution in [0.15, 0.2) is 29.1 Å². The Morgan fingerprint density at radius 1 is 1.38 bits per heavy atom. The van der Waals surface area contributed by atoms with Crippen molar-refractivity contribution in [3.05, 3.63) is 46.0 Å². The summed E-state index contributed by atoms with van der Waals surface area (Å²) in [4.78, 5) is 19.4. The number of nitrogens with one attached hydrogen (secondary N) is 1. The maximum absolute atomic E-state index is 12.4. The van der Waals surface area contributed by atoms with Crippen LogP contribution >= 0.6 is 0 Å². The Hall–Kier alpha value is -2.14. The molecule has 5 heteroatoms. The number of aromatic amines is 1. The van der Waals surface area contributed by atoms with Gasteiger partial charge in [-0.25, -0.2) is 0 Å². The monoisotopic (exact) mass is 286 g/mol. The van der Waals surface area contributed by atoms with Gasteiger partial charge in [-0.15, -0.1) is 0 Å². The first-order valence-corrected chi connectivity index (χ1v) is 7.13. The molecule has 0 spiro atoms. The van der Waals surface area contributed by atoms with Gasteiger partial charge in [0.1, 0.15) is 11.4 Å². The van der Waals surface area contributed by atoms with Crippen molar-refractivity contribution < 1.29 is 9.84 Å². The Morgan fingerprint density at radius 3 is 2.86 bits per heavy atom. The summed E-state index contributed by atoms with van der Waals surface area (Å²) in [6.07, 6.45) is 1.85. The zero-order chi connectivity index (χ0) is 14.8. The molecule has 21 heavy (non-hydrogen) atoms. The summed E-state index contributed by atoms with van der Waals surface area (Å²) < 4.78 is 5.41. The minimum atomic E-state index is -0.308. The van der Waals surface area contributed by atoms with Crippen LogP contribution in [0.4, 0.5) is 0 Å². The van der Waals surface area contributed by atoms with Gasteiger partial charge in [0.2, 0.25) is 5.88 Å². The third kappa shape index (κ3) is 2.69. The molecule has 2 N–H and O–H groups in total. The molecule has 5 nitrogen and oxygen atoms in total. The fourth-order valence-corrected chi connectivity index (χ4v) is 2.72. The lowest BCUT2D eigenvalue weighted by molar-refractivity contribution is 0.0778. The SMILES string of the molecule is Cc1ccccc1-c1c(O)nc(C2CCCOC2)[nH]c1=O. The highest BCUT2D eigenvalue weighted by molar-refractivity contribution is 5.70. The summed E-state index contributed by atoms with van der Waals surface area (Å²) in [5, 5.41) is 10.2. The first-order valence-electron chi connectivity index (χ1n) is 7.13. The lowest BCUT2D eigenvalue weighted by atomic mass is 10.00. The minimum absolute atomic E-state index is 0.0447. The molecule has 1 aromatic carbocycles. The lowest BCUT2D eigenvalue weighted by Gasteiger charge is -2.21. The first kappa shape index (κ1) is 13.8. The quantitative estimate of drug-likeness (QED) is 0.888. The number of aromatic nitrogens is 2. The maximum atomic E-state index is 12.4. The van der Waals surface area contributed by atoms with Gasteiger partial charge >= 0.3 is 0 Å². The fraction of sp³-hybridized carbons (Fsp3) is 0.375. The van der Waals surface area contributed by atoms with E-state index in [4.69, 9.17) is 4.74 Å². The normalized spacial score (nSPS) is 18.6. The van der Waals surface area contributed by atoms with E-state index in [1.165, 1.54) is 0 Å². The Morgan fingerprint density at radius 2 is 2.19 bits per heavy atom. The fourth-order valence-electron chi connectivity index (χ4n) is 2.72. The molecule has 1 aliphatic rings. The standard InChI is InChI=1S/C16H18N2O3/c1-10-5-2-3-7-12(10)13-15(19)17-14(18-16(13)20)11-6-4-8-21-9-11/h2-3,5,7,11H,4,6,8-9H2,1H3,(H2,17,18,19,20). The zero-order valence-electron chi connectivity index (χ0n) is 11.9. The predicted octanol–water partition coefficient (Wildman–Crippen LogP) is 2.34. The largest absolute Gasteiger partial charge is 0.493 e. The van der Waals surface area contributed by atoms with Crippen molar-refractivity contribution in [2.75, 3.05) is 13.2 Å². The van der Waals surface area contributed by atoms with Crippen molar-refractivity contribution in [3.63, 3.8) is 0 Å². The number of nitrogens with zero attached hydrogens (tertiary/aromatic N) is 1. The summed E-state index contributed by atoms with van der Waals surface area (Å²) >= 11 is 0. The molecule has 110 valence electrons. The van der Waals surface area contributed by atoms with Crippen LogP contribution in [-0.4, -0.2) is 28.3 Å². The van der Waals surface area contributed by atoms with Gasteiger partial charge in [-0.2, -0.15) is 4.98 Å². The van der Waals surface area contributed by atoms with E-state index < -0.39 is 0 Å². The molecule has 1 saturated heterocycles. The second-order valence-electron chi connectivity index (χ2n) is 5.38. The van der Waals surface area contributed by atoms with Crippen molar-refractivity contribution in [1.29, 1.82) is 0 Å². The molecule has 0 aliphatic carbocycles. The van der Waals surface area contributed by atoms with E-state index in [2.05, 4.69) is 9.97 Å². The number of H-pyrrole nitrogens is 1. The first-order chi connectivity index (χ1) is 10.2. The van der Waals surface area contributed by atoms with Gasteiger partial charge in [-0.1, -0.05) is 24.3 Å². The van der Waals surface area contributed by atoms with Crippen LogP contribution in [0.2, 0.25) is 0 Å². The van der Waals surface area contributed by atoms with E-state index in [0.717, 1.165) is 25.0 Å². The van der Waals surface area contributed by atoms with Crippen molar-refractivity contribution in [1.82, 2.24) is 9.97 Å². The molecule has 2 aromatic rings. The zero-order valence-corrected chi connectivity index (χ0v) is 11.9. The minimum Gasteiger partial charge on any atom is -0.493 e. The van der Waals surface area contributed by atoms with Crippen LogP contribution in [-0.2, 0) is 4.74 Å². The van der Waals surface area contributed by atoms with Crippen LogP contribution in [0, 0.1) is 6.92 Å². The summed E-state index contributed by atoms with van der Waals surface area (Å²) in [6, 6.07) is 7.44. The maximum Gasteiger partial charge on any atom is 0.262 e. The highest BCUT2D eigenvalue weighted by Gasteiger charge is 2.22. The van der Waals surface area contributed by atoms with Gasteiger partial charge in [0.05, 0.1) is 6.61 Å². The number of hydrogen-bond acceptors (Lipinski definition) is 4. The van der Waals surface area contributed by atoms with Gasteiger partial charge in [0, 0.05) is 12.5 Å². The molecule has 0 amide bonds. The summed E-state index contributed by atoms with van der Waals surface area (Å²) in [5.74, 6) is 0.339. The molecular formula is C16H18N2O3. The van der Waals surface area contributed by atoms with Gasteiger partial charge in [-0.3, -0.25) is 4.79 Å². The highest BCUT2D eigenvalue weighted by Crippen LogP contribution is 2.29. The molecule has 0 bridgehead atoms. The number of aryl methyl sites for hydroxylation is 1.